The Balaban J connectivity index is 1.59. The van der Waals surface area contributed by atoms with Crippen LogP contribution in [0, 0.1) is 0 Å². The van der Waals surface area contributed by atoms with E-state index in [-0.39, 0.29) is 11.8 Å². The average Bonchev–Trinajstić information content (AvgIpc) is 2.93. The molecule has 1 N–H and O–H groups in total. The highest BCUT2D eigenvalue weighted by Crippen LogP contribution is 2.27. The van der Waals surface area contributed by atoms with Crippen molar-refractivity contribution in [3.63, 3.8) is 0 Å². The summed E-state index contributed by atoms with van der Waals surface area (Å²) in [6, 6.07) is 17.4. The van der Waals surface area contributed by atoms with Gasteiger partial charge in [0.25, 0.3) is 5.91 Å². The largest absolute Gasteiger partial charge is 0.497 e. The van der Waals surface area contributed by atoms with Crippen LogP contribution in [0.25, 0.3) is 0 Å². The van der Waals surface area contributed by atoms with Crippen LogP contribution in [0.2, 0.25) is 0 Å². The summed E-state index contributed by atoms with van der Waals surface area (Å²) in [4.78, 5) is 34.4. The SMILES string of the molecule is COc1ccc(CNC(=O)c2ccc3c(c2)CN(Cc2cccnc2)CCCCCCCN3C(C)=O)cc1. The molecule has 2 amide bonds. The van der Waals surface area contributed by atoms with Gasteiger partial charge in [0.2, 0.25) is 5.91 Å². The molecule has 7 nitrogen and oxygen atoms in total. The van der Waals surface area contributed by atoms with E-state index in [0.717, 1.165) is 60.5 Å². The van der Waals surface area contributed by atoms with Gasteiger partial charge in [0, 0.05) is 56.7 Å². The summed E-state index contributed by atoms with van der Waals surface area (Å²) in [6.07, 6.45) is 9.24. The lowest BCUT2D eigenvalue weighted by Gasteiger charge is -2.29. The van der Waals surface area contributed by atoms with Gasteiger partial charge in [0.15, 0.2) is 0 Å². The molecule has 0 fully saturated rings. The van der Waals surface area contributed by atoms with Crippen molar-refractivity contribution in [1.82, 2.24) is 15.2 Å². The molecule has 2 heterocycles. The van der Waals surface area contributed by atoms with Crippen molar-refractivity contribution in [3.8, 4) is 5.75 Å². The lowest BCUT2D eigenvalue weighted by atomic mass is 10.0. The molecule has 3 aromatic rings. The quantitative estimate of drug-likeness (QED) is 0.481. The van der Waals surface area contributed by atoms with Crippen LogP contribution in [-0.4, -0.2) is 41.9 Å². The number of nitrogens with one attached hydrogen (secondary N) is 1. The van der Waals surface area contributed by atoms with E-state index in [1.807, 2.05) is 59.6 Å². The lowest BCUT2D eigenvalue weighted by molar-refractivity contribution is -0.116. The molecule has 0 saturated carbocycles. The summed E-state index contributed by atoms with van der Waals surface area (Å²) < 4.78 is 5.22. The molecule has 38 heavy (non-hydrogen) atoms. The number of rotatable bonds is 6. The van der Waals surface area contributed by atoms with Crippen LogP contribution < -0.4 is 15.0 Å². The molecule has 200 valence electrons. The predicted octanol–water partition coefficient (Wildman–Crippen LogP) is 5.34. The smallest absolute Gasteiger partial charge is 0.251 e. The second-order valence-electron chi connectivity index (χ2n) is 9.88. The maximum absolute atomic E-state index is 13.2. The molecule has 0 bridgehead atoms. The molecule has 1 aromatic heterocycles. The molecular formula is C31H38N4O3. The van der Waals surface area contributed by atoms with Crippen molar-refractivity contribution in [2.45, 2.75) is 58.7 Å². The van der Waals surface area contributed by atoms with Crippen LogP contribution in [0.15, 0.2) is 67.0 Å². The maximum Gasteiger partial charge on any atom is 0.251 e. The molecule has 4 rings (SSSR count). The van der Waals surface area contributed by atoms with E-state index in [4.69, 9.17) is 4.74 Å². The highest BCUT2D eigenvalue weighted by molar-refractivity contribution is 5.97. The molecule has 7 heteroatoms. The van der Waals surface area contributed by atoms with Gasteiger partial charge in [-0.2, -0.15) is 0 Å². The predicted molar refractivity (Wildman–Crippen MR) is 150 cm³/mol. The van der Waals surface area contributed by atoms with Gasteiger partial charge in [-0.1, -0.05) is 37.5 Å². The molecule has 1 aliphatic rings. The highest BCUT2D eigenvalue weighted by Gasteiger charge is 2.20. The Labute approximate surface area is 225 Å². The first-order valence-corrected chi connectivity index (χ1v) is 13.5. The van der Waals surface area contributed by atoms with Crippen molar-refractivity contribution in [3.05, 3.63) is 89.2 Å². The Morgan fingerprint density at radius 2 is 1.71 bits per heavy atom. The van der Waals surface area contributed by atoms with E-state index in [9.17, 15) is 9.59 Å². The Bertz CT molecular complexity index is 1200. The zero-order valence-electron chi connectivity index (χ0n) is 22.5. The van der Waals surface area contributed by atoms with Gasteiger partial charge in [-0.05, 0) is 72.5 Å². The zero-order chi connectivity index (χ0) is 26.7. The van der Waals surface area contributed by atoms with E-state index in [2.05, 4.69) is 21.3 Å². The first-order valence-electron chi connectivity index (χ1n) is 13.5. The van der Waals surface area contributed by atoms with E-state index >= 15 is 0 Å². The number of methoxy groups -OCH3 is 1. The summed E-state index contributed by atoms with van der Waals surface area (Å²) in [7, 11) is 1.63. The molecular weight excluding hydrogens is 476 g/mol. The summed E-state index contributed by atoms with van der Waals surface area (Å²) in [5.41, 5.74) is 4.62. The fourth-order valence-corrected chi connectivity index (χ4v) is 4.93. The number of benzene rings is 2. The summed E-state index contributed by atoms with van der Waals surface area (Å²) >= 11 is 0. The van der Waals surface area contributed by atoms with Crippen LogP contribution >= 0.6 is 0 Å². The topological polar surface area (TPSA) is 74.8 Å². The van der Waals surface area contributed by atoms with Crippen LogP contribution in [0.4, 0.5) is 5.69 Å². The molecule has 0 saturated heterocycles. The summed E-state index contributed by atoms with van der Waals surface area (Å²) in [5.74, 6) is 0.674. The number of amides is 2. The van der Waals surface area contributed by atoms with Gasteiger partial charge in [-0.3, -0.25) is 19.5 Å². The van der Waals surface area contributed by atoms with E-state index < -0.39 is 0 Å². The zero-order valence-corrected chi connectivity index (χ0v) is 22.5. The number of hydrogen-bond donors (Lipinski definition) is 1. The van der Waals surface area contributed by atoms with Crippen LogP contribution in [0.5, 0.6) is 5.75 Å². The second kappa shape index (κ2) is 13.7. The van der Waals surface area contributed by atoms with Gasteiger partial charge >= 0.3 is 0 Å². The van der Waals surface area contributed by atoms with Crippen LogP contribution in [-0.2, 0) is 24.4 Å². The third kappa shape index (κ3) is 7.65. The number of aromatic nitrogens is 1. The third-order valence-corrected chi connectivity index (χ3v) is 7.00. The Morgan fingerprint density at radius 1 is 0.947 bits per heavy atom. The summed E-state index contributed by atoms with van der Waals surface area (Å²) in [6.45, 7) is 5.09. The number of anilines is 1. The normalized spacial score (nSPS) is 15.1. The number of carbonyl (C=O) groups excluding carboxylic acids is 2. The minimum Gasteiger partial charge on any atom is -0.497 e. The maximum atomic E-state index is 13.2. The van der Waals surface area contributed by atoms with Crippen molar-refractivity contribution in [1.29, 1.82) is 0 Å². The van der Waals surface area contributed by atoms with Gasteiger partial charge in [0.05, 0.1) is 7.11 Å². The highest BCUT2D eigenvalue weighted by atomic mass is 16.5. The first kappa shape index (κ1) is 27.3. The van der Waals surface area contributed by atoms with Crippen LogP contribution in [0.1, 0.15) is 66.1 Å². The number of hydrogen-bond acceptors (Lipinski definition) is 5. The monoisotopic (exact) mass is 514 g/mol. The van der Waals surface area contributed by atoms with Crippen molar-refractivity contribution < 1.29 is 14.3 Å². The molecule has 0 unspecified atom stereocenters. The van der Waals surface area contributed by atoms with Crippen molar-refractivity contribution in [2.24, 2.45) is 0 Å². The second-order valence-corrected chi connectivity index (χ2v) is 9.88. The van der Waals surface area contributed by atoms with E-state index in [1.54, 1.807) is 20.2 Å². The molecule has 1 aliphatic heterocycles. The third-order valence-electron chi connectivity index (χ3n) is 7.00. The van der Waals surface area contributed by atoms with Gasteiger partial charge in [-0.25, -0.2) is 0 Å². The first-order chi connectivity index (χ1) is 18.5. The minimum atomic E-state index is -0.136. The number of nitrogens with zero attached hydrogens (tertiary/aromatic N) is 3. The summed E-state index contributed by atoms with van der Waals surface area (Å²) in [5, 5.41) is 3.03. The minimum absolute atomic E-state index is 0.0267. The molecule has 2 aromatic carbocycles. The van der Waals surface area contributed by atoms with Crippen molar-refractivity contribution >= 4 is 17.5 Å². The fraction of sp³-hybridized carbons (Fsp3) is 0.387. The average molecular weight is 515 g/mol. The molecule has 0 radical (unpaired) electrons. The van der Waals surface area contributed by atoms with Gasteiger partial charge in [0.1, 0.15) is 5.75 Å². The van der Waals surface area contributed by atoms with Gasteiger partial charge < -0.3 is 15.0 Å². The molecule has 0 aliphatic carbocycles. The van der Waals surface area contributed by atoms with E-state index in [1.165, 1.54) is 12.8 Å². The van der Waals surface area contributed by atoms with Crippen LogP contribution in [0.3, 0.4) is 0 Å². The standard InChI is InChI=1S/C31H38N4O3/c1-24(36)35-18-7-5-3-4-6-17-34(22-26-9-8-16-32-20-26)23-28-19-27(12-15-30(28)35)31(37)33-21-25-10-13-29(38-2)14-11-25/h8-16,19-20H,3-7,17-18,21-23H2,1-2H3,(H,33,37). The number of fused-ring (bicyclic) bond motifs is 1. The Kier molecular flexibility index (Phi) is 9.87. The number of pyridine rings is 1. The Morgan fingerprint density at radius 3 is 2.42 bits per heavy atom. The number of carbonyl (C=O) groups is 2. The fourth-order valence-electron chi connectivity index (χ4n) is 4.93. The van der Waals surface area contributed by atoms with Crippen molar-refractivity contribution in [2.75, 3.05) is 25.1 Å². The van der Waals surface area contributed by atoms with E-state index in [0.29, 0.717) is 25.2 Å². The molecule has 0 atom stereocenters. The molecule has 0 spiro atoms. The lowest BCUT2D eigenvalue weighted by Crippen LogP contribution is -2.33. The Hall–Kier alpha value is -3.71. The number of ether oxygens (including phenoxy) is 1. The van der Waals surface area contributed by atoms with Gasteiger partial charge in [-0.15, -0.1) is 0 Å².